The van der Waals surface area contributed by atoms with E-state index in [-0.39, 0.29) is 0 Å². The highest BCUT2D eigenvalue weighted by Gasteiger charge is 2.20. The van der Waals surface area contributed by atoms with E-state index >= 15 is 0 Å². The largest absolute Gasteiger partial charge is 0.673 e. The van der Waals surface area contributed by atoms with Gasteiger partial charge in [0.25, 0.3) is 12.6 Å². The van der Waals surface area contributed by atoms with E-state index in [1.807, 2.05) is 10.8 Å². The van der Waals surface area contributed by atoms with E-state index in [1.165, 1.54) is 44.9 Å². The number of nitrogens with zero attached hydrogens (tertiary/aromatic N) is 1. The van der Waals surface area contributed by atoms with Crippen LogP contribution in [0.15, 0.2) is 24.5 Å². The molecule has 2 N–H and O–H groups in total. The third-order valence-electron chi connectivity index (χ3n) is 3.53. The quantitative estimate of drug-likeness (QED) is 0.251. The topological polar surface area (TPSA) is 56.2 Å². The zero-order chi connectivity index (χ0) is 19.8. The number of primary amides is 1. The Balaban J connectivity index is 0.00000110. The summed E-state index contributed by atoms with van der Waals surface area (Å²) in [7, 11) is -6.00. The molecule has 9 heteroatoms. The molecule has 0 saturated carbocycles. The van der Waals surface area contributed by atoms with Gasteiger partial charge in [0.2, 0.25) is 0 Å². The fourth-order valence-corrected chi connectivity index (χ4v) is 2.26. The highest BCUT2D eigenvalue weighted by molar-refractivity contribution is 6.50. The van der Waals surface area contributed by atoms with E-state index in [2.05, 4.69) is 6.92 Å². The summed E-state index contributed by atoms with van der Waals surface area (Å²) in [4.78, 5) is 11.1. The van der Waals surface area contributed by atoms with Crippen LogP contribution >= 0.6 is 0 Å². The molecular formula is C17H29BF4N2O2. The summed E-state index contributed by atoms with van der Waals surface area (Å²) in [5.41, 5.74) is 5.75. The van der Waals surface area contributed by atoms with E-state index in [0.29, 0.717) is 12.3 Å². The van der Waals surface area contributed by atoms with E-state index in [0.717, 1.165) is 13.0 Å². The second kappa shape index (κ2) is 14.5. The number of halogens is 4. The van der Waals surface area contributed by atoms with Crippen molar-refractivity contribution in [3.8, 4) is 0 Å². The van der Waals surface area contributed by atoms with Crippen molar-refractivity contribution in [1.82, 2.24) is 0 Å². The van der Waals surface area contributed by atoms with Crippen molar-refractivity contribution in [2.45, 2.75) is 65.0 Å². The van der Waals surface area contributed by atoms with Crippen molar-refractivity contribution in [3.05, 3.63) is 30.1 Å². The van der Waals surface area contributed by atoms with E-state index in [4.69, 9.17) is 10.5 Å². The molecule has 0 aliphatic carbocycles. The molecule has 26 heavy (non-hydrogen) atoms. The first-order valence-corrected chi connectivity index (χ1v) is 8.98. The number of carbonyl (C=O) groups excluding carboxylic acids is 1. The number of aromatic nitrogens is 1. The van der Waals surface area contributed by atoms with Crippen LogP contribution < -0.4 is 10.3 Å². The lowest BCUT2D eigenvalue weighted by Crippen LogP contribution is -2.36. The first-order valence-electron chi connectivity index (χ1n) is 8.98. The Morgan fingerprint density at radius 1 is 1.08 bits per heavy atom. The minimum Gasteiger partial charge on any atom is -0.418 e. The molecule has 0 saturated heterocycles. The predicted molar refractivity (Wildman–Crippen MR) is 93.9 cm³/mol. The van der Waals surface area contributed by atoms with Crippen molar-refractivity contribution in [2.75, 3.05) is 6.61 Å². The summed E-state index contributed by atoms with van der Waals surface area (Å²) in [6, 6.07) is 3.51. The van der Waals surface area contributed by atoms with Gasteiger partial charge in [-0.2, -0.15) is 4.57 Å². The fraction of sp³-hybridized carbons (Fsp3) is 0.647. The number of rotatable bonds is 12. The molecule has 0 fully saturated rings. The van der Waals surface area contributed by atoms with Crippen LogP contribution in [0.3, 0.4) is 0 Å². The van der Waals surface area contributed by atoms with E-state index < -0.39 is 13.2 Å². The Labute approximate surface area is 152 Å². The molecule has 1 amide bonds. The van der Waals surface area contributed by atoms with Gasteiger partial charge in [-0.25, -0.2) is 0 Å². The van der Waals surface area contributed by atoms with E-state index in [1.54, 1.807) is 18.3 Å². The number of carbonyl (C=O) groups is 1. The van der Waals surface area contributed by atoms with Crippen LogP contribution in [-0.4, -0.2) is 19.8 Å². The van der Waals surface area contributed by atoms with Crippen LogP contribution in [0.4, 0.5) is 17.3 Å². The van der Waals surface area contributed by atoms with Gasteiger partial charge in [0, 0.05) is 6.07 Å². The Kier molecular flexibility index (Phi) is 13.6. The van der Waals surface area contributed by atoms with Crippen molar-refractivity contribution >= 4 is 13.2 Å². The van der Waals surface area contributed by atoms with Crippen LogP contribution in [0.1, 0.15) is 68.6 Å². The molecule has 1 aromatic rings. The first kappa shape index (κ1) is 24.4. The van der Waals surface area contributed by atoms with Crippen molar-refractivity contribution in [3.63, 3.8) is 0 Å². The SMILES string of the molecule is CCCCCCCCCCOC[n+]1cccc(C(N)=O)c1.F[B-](F)(F)F. The molecular weight excluding hydrogens is 351 g/mol. The second-order valence-electron chi connectivity index (χ2n) is 5.98. The van der Waals surface area contributed by atoms with Gasteiger partial charge in [-0.3, -0.25) is 4.79 Å². The van der Waals surface area contributed by atoms with Gasteiger partial charge in [-0.05, 0) is 12.5 Å². The Morgan fingerprint density at radius 3 is 2.15 bits per heavy atom. The summed E-state index contributed by atoms with van der Waals surface area (Å²) in [5.74, 6) is -0.410. The van der Waals surface area contributed by atoms with Crippen LogP contribution in [0.25, 0.3) is 0 Å². The average Bonchev–Trinajstić information content (AvgIpc) is 2.55. The van der Waals surface area contributed by atoms with E-state index in [9.17, 15) is 22.1 Å². The summed E-state index contributed by atoms with van der Waals surface area (Å²) < 4.78 is 46.4. The number of amides is 1. The molecule has 0 spiro atoms. The molecule has 0 unspecified atom stereocenters. The summed E-state index contributed by atoms with van der Waals surface area (Å²) in [5, 5.41) is 0. The molecule has 0 aliphatic heterocycles. The van der Waals surface area contributed by atoms with Crippen molar-refractivity contribution < 1.29 is 31.4 Å². The smallest absolute Gasteiger partial charge is 0.418 e. The maximum atomic E-state index is 11.1. The molecule has 0 radical (unpaired) electrons. The van der Waals surface area contributed by atoms with Gasteiger partial charge in [0.15, 0.2) is 12.4 Å². The van der Waals surface area contributed by atoms with Gasteiger partial charge < -0.3 is 27.7 Å². The number of hydrogen-bond acceptors (Lipinski definition) is 2. The molecule has 0 bridgehead atoms. The number of nitrogens with two attached hydrogens (primary N) is 1. The standard InChI is InChI=1S/C17H28N2O2.BF4/c1-2-3-4-5-6-7-8-9-13-21-15-19-12-10-11-16(14-19)17(18)20;2-1(3,4)5/h10-12,14H,2-9,13,15H2,1H3,(H-,18,20);/q;-1/p+1. The summed E-state index contributed by atoms with van der Waals surface area (Å²) in [6.07, 6.45) is 14.0. The first-order chi connectivity index (χ1) is 12.2. The lowest BCUT2D eigenvalue weighted by Gasteiger charge is -2.03. The minimum atomic E-state index is -6.00. The highest BCUT2D eigenvalue weighted by atomic mass is 19.5. The number of unbranched alkanes of at least 4 members (excludes halogenated alkanes) is 7. The molecule has 150 valence electrons. The molecule has 1 heterocycles. The normalized spacial score (nSPS) is 11.0. The van der Waals surface area contributed by atoms with Crippen LogP contribution in [0, 0.1) is 0 Å². The molecule has 0 aromatic carbocycles. The van der Waals surface area contributed by atoms with Gasteiger partial charge in [0.1, 0.15) is 5.56 Å². The Bertz CT molecular complexity index is 496. The van der Waals surface area contributed by atoms with Crippen molar-refractivity contribution in [1.29, 1.82) is 0 Å². The predicted octanol–water partition coefficient (Wildman–Crippen LogP) is 4.49. The minimum absolute atomic E-state index is 0.410. The number of ether oxygens (including phenoxy) is 1. The zero-order valence-corrected chi connectivity index (χ0v) is 15.3. The van der Waals surface area contributed by atoms with Crippen LogP contribution in [-0.2, 0) is 11.5 Å². The Morgan fingerprint density at radius 2 is 1.62 bits per heavy atom. The average molecular weight is 380 g/mol. The fourth-order valence-electron chi connectivity index (χ4n) is 2.26. The van der Waals surface area contributed by atoms with Gasteiger partial charge in [0.05, 0.1) is 6.61 Å². The lowest BCUT2D eigenvalue weighted by atomic mass is 10.1. The zero-order valence-electron chi connectivity index (χ0n) is 15.3. The van der Waals surface area contributed by atoms with Crippen LogP contribution in [0.5, 0.6) is 0 Å². The molecule has 4 nitrogen and oxygen atoms in total. The highest BCUT2D eigenvalue weighted by Crippen LogP contribution is 2.08. The third-order valence-corrected chi connectivity index (χ3v) is 3.53. The van der Waals surface area contributed by atoms with Gasteiger partial charge >= 0.3 is 7.25 Å². The maximum Gasteiger partial charge on any atom is 0.673 e. The summed E-state index contributed by atoms with van der Waals surface area (Å²) >= 11 is 0. The second-order valence-corrected chi connectivity index (χ2v) is 5.98. The monoisotopic (exact) mass is 380 g/mol. The molecule has 1 aromatic heterocycles. The molecule has 0 atom stereocenters. The third kappa shape index (κ3) is 17.2. The number of pyridine rings is 1. The summed E-state index contributed by atoms with van der Waals surface area (Å²) in [6.45, 7) is 3.48. The number of hydrogen-bond donors (Lipinski definition) is 1. The van der Waals surface area contributed by atoms with Gasteiger partial charge in [-0.1, -0.05) is 51.9 Å². The van der Waals surface area contributed by atoms with Gasteiger partial charge in [-0.15, -0.1) is 0 Å². The Hall–Kier alpha value is -1.64. The van der Waals surface area contributed by atoms with Crippen LogP contribution in [0.2, 0.25) is 0 Å². The molecule has 1 rings (SSSR count). The molecule has 0 aliphatic rings. The van der Waals surface area contributed by atoms with Crippen molar-refractivity contribution in [2.24, 2.45) is 5.73 Å². The maximum absolute atomic E-state index is 11.1. The lowest BCUT2D eigenvalue weighted by molar-refractivity contribution is -0.732.